The topological polar surface area (TPSA) is 64.5 Å². The summed E-state index contributed by atoms with van der Waals surface area (Å²) in [6, 6.07) is 64.6. The van der Waals surface area contributed by atoms with E-state index in [0.717, 1.165) is 61.3 Å². The summed E-state index contributed by atoms with van der Waals surface area (Å²) in [5.74, 6) is 2.68. The molecule has 0 saturated carbocycles. The third kappa shape index (κ3) is 6.35. The molecule has 0 aliphatic carbocycles. The lowest BCUT2D eigenvalue weighted by atomic mass is 9.99. The summed E-state index contributed by atoms with van der Waals surface area (Å²) in [5.41, 5.74) is 10.1. The number of benzene rings is 7. The highest BCUT2D eigenvalue weighted by molar-refractivity contribution is 7.26. The molecule has 0 radical (unpaired) electrons. The molecule has 0 fully saturated rings. The highest BCUT2D eigenvalue weighted by atomic mass is 32.1. The molecule has 7 aromatic carbocycles. The van der Waals surface area contributed by atoms with Crippen LogP contribution in [0.1, 0.15) is 0 Å². The number of nitrogens with zero attached hydrogens (tertiary/aromatic N) is 5. The Morgan fingerprint density at radius 3 is 1.31 bits per heavy atom. The Kier molecular flexibility index (Phi) is 8.28. The van der Waals surface area contributed by atoms with Crippen LogP contribution < -0.4 is 0 Å². The number of aromatic nitrogens is 5. The summed E-state index contributed by atoms with van der Waals surface area (Å²) in [6.45, 7) is 0. The Morgan fingerprint density at radius 1 is 0.291 bits per heavy atom. The minimum Gasteiger partial charge on any atom is -0.228 e. The van der Waals surface area contributed by atoms with Gasteiger partial charge < -0.3 is 0 Å². The summed E-state index contributed by atoms with van der Waals surface area (Å²) in [5, 5.41) is 2.34. The summed E-state index contributed by atoms with van der Waals surface area (Å²) < 4.78 is 2.40. The van der Waals surface area contributed by atoms with E-state index in [4.69, 9.17) is 24.9 Å². The average Bonchev–Trinajstić information content (AvgIpc) is 3.66. The molecule has 3 heterocycles. The molecule has 0 saturated heterocycles. The number of rotatable bonds is 7. The molecule has 0 aliphatic heterocycles. The molecular weight excluding hydrogens is 691 g/mol. The Bertz CT molecular complexity index is 2830. The Morgan fingerprint density at radius 2 is 0.745 bits per heavy atom. The monoisotopic (exact) mass is 721 g/mol. The fourth-order valence-electron chi connectivity index (χ4n) is 7.02. The van der Waals surface area contributed by atoms with Gasteiger partial charge in [0.25, 0.3) is 0 Å². The van der Waals surface area contributed by atoms with Gasteiger partial charge in [-0.15, -0.1) is 11.3 Å². The first-order valence-corrected chi connectivity index (χ1v) is 19.0. The van der Waals surface area contributed by atoms with E-state index >= 15 is 0 Å². The highest BCUT2D eigenvalue weighted by Gasteiger charge is 2.18. The van der Waals surface area contributed by atoms with Crippen LogP contribution in [0.3, 0.4) is 0 Å². The van der Waals surface area contributed by atoms with E-state index in [1.165, 1.54) is 14.8 Å². The van der Waals surface area contributed by atoms with Crippen molar-refractivity contribution in [2.75, 3.05) is 0 Å². The van der Waals surface area contributed by atoms with E-state index in [9.17, 15) is 0 Å². The van der Waals surface area contributed by atoms with Gasteiger partial charge in [0, 0.05) is 53.6 Å². The van der Waals surface area contributed by atoms with Crippen molar-refractivity contribution in [1.29, 1.82) is 0 Å². The minimum atomic E-state index is 0.654. The molecule has 0 spiro atoms. The molecule has 10 rings (SSSR count). The molecule has 55 heavy (non-hydrogen) atoms. The Balaban J connectivity index is 1.03. The van der Waals surface area contributed by atoms with Gasteiger partial charge in [0.1, 0.15) is 0 Å². The number of hydrogen-bond donors (Lipinski definition) is 0. The van der Waals surface area contributed by atoms with Crippen molar-refractivity contribution in [3.63, 3.8) is 0 Å². The van der Waals surface area contributed by atoms with E-state index in [0.29, 0.717) is 23.3 Å². The van der Waals surface area contributed by atoms with E-state index in [-0.39, 0.29) is 0 Å². The van der Waals surface area contributed by atoms with Crippen molar-refractivity contribution in [2.45, 2.75) is 0 Å². The van der Waals surface area contributed by atoms with Crippen LogP contribution in [0.5, 0.6) is 0 Å². The number of thiophene rings is 1. The fraction of sp³-hybridized carbons (Fsp3) is 0. The first-order valence-electron chi connectivity index (χ1n) is 18.2. The van der Waals surface area contributed by atoms with Gasteiger partial charge in [-0.2, -0.15) is 0 Å². The molecule has 0 aliphatic rings. The van der Waals surface area contributed by atoms with Crippen molar-refractivity contribution in [3.05, 3.63) is 188 Å². The summed E-state index contributed by atoms with van der Waals surface area (Å²) in [7, 11) is 0. The van der Waals surface area contributed by atoms with Crippen LogP contribution in [0.2, 0.25) is 0 Å². The maximum Gasteiger partial charge on any atom is 0.164 e. The van der Waals surface area contributed by atoms with Crippen molar-refractivity contribution in [2.24, 2.45) is 0 Å². The second-order valence-electron chi connectivity index (χ2n) is 13.3. The molecule has 6 heteroatoms. The largest absolute Gasteiger partial charge is 0.228 e. The molecular formula is C49H31N5S. The normalized spacial score (nSPS) is 11.3. The SMILES string of the molecule is c1ccc(-c2cc(-c3ccc(-c4ccc5c(c4)sc4cccc(-c6nc(-c7ccccc7)nc(-c7ccccc7)n6)c45)cc3)nc(-c3ccccc3)n2)cc1. The highest BCUT2D eigenvalue weighted by Crippen LogP contribution is 2.41. The zero-order valence-corrected chi connectivity index (χ0v) is 30.4. The maximum absolute atomic E-state index is 5.05. The smallest absolute Gasteiger partial charge is 0.164 e. The predicted octanol–water partition coefficient (Wildman–Crippen LogP) is 12.7. The lowest BCUT2D eigenvalue weighted by Crippen LogP contribution is -2.00. The number of fused-ring (bicyclic) bond motifs is 3. The van der Waals surface area contributed by atoms with Gasteiger partial charge in [-0.3, -0.25) is 0 Å². The van der Waals surface area contributed by atoms with Crippen molar-refractivity contribution >= 4 is 31.5 Å². The lowest BCUT2D eigenvalue weighted by Gasteiger charge is -2.10. The fourth-order valence-corrected chi connectivity index (χ4v) is 8.19. The molecule has 3 aromatic heterocycles. The second-order valence-corrected chi connectivity index (χ2v) is 14.4. The van der Waals surface area contributed by atoms with Crippen LogP contribution in [0, 0.1) is 0 Å². The minimum absolute atomic E-state index is 0.654. The summed E-state index contributed by atoms with van der Waals surface area (Å²) in [4.78, 5) is 25.0. The molecule has 0 atom stereocenters. The summed E-state index contributed by atoms with van der Waals surface area (Å²) in [6.07, 6.45) is 0. The van der Waals surface area contributed by atoms with Crippen LogP contribution in [0.25, 0.3) is 99.4 Å². The molecule has 10 aromatic rings. The zero-order chi connectivity index (χ0) is 36.6. The second kappa shape index (κ2) is 14.0. The van der Waals surface area contributed by atoms with Gasteiger partial charge in [0.2, 0.25) is 0 Å². The predicted molar refractivity (Wildman–Crippen MR) is 226 cm³/mol. The lowest BCUT2D eigenvalue weighted by molar-refractivity contribution is 1.08. The third-order valence-electron chi connectivity index (χ3n) is 9.78. The van der Waals surface area contributed by atoms with Crippen LogP contribution in [0.15, 0.2) is 188 Å². The Labute approximate surface area is 322 Å². The van der Waals surface area contributed by atoms with Crippen LogP contribution in [-0.4, -0.2) is 24.9 Å². The van der Waals surface area contributed by atoms with Gasteiger partial charge in [0.15, 0.2) is 23.3 Å². The molecule has 0 bridgehead atoms. The average molecular weight is 722 g/mol. The van der Waals surface area contributed by atoms with Gasteiger partial charge >= 0.3 is 0 Å². The van der Waals surface area contributed by atoms with Gasteiger partial charge in [0.05, 0.1) is 11.4 Å². The van der Waals surface area contributed by atoms with E-state index < -0.39 is 0 Å². The third-order valence-corrected chi connectivity index (χ3v) is 10.9. The van der Waals surface area contributed by atoms with Crippen LogP contribution in [0.4, 0.5) is 0 Å². The summed E-state index contributed by atoms with van der Waals surface area (Å²) >= 11 is 1.79. The van der Waals surface area contributed by atoms with Crippen LogP contribution in [-0.2, 0) is 0 Å². The standard InChI is InChI=1S/C49H31N5S/c1-5-14-33(15-6-1)41-31-42(51-46(50-41)35-16-7-2-8-17-35)34-26-24-32(25-27-34)38-28-29-39-44(30-38)55-43-23-13-22-40(45(39)43)49-53-47(36-18-9-3-10-19-36)52-48(54-49)37-20-11-4-12-21-37/h1-31H. The van der Waals surface area contributed by atoms with E-state index in [1.807, 2.05) is 97.1 Å². The molecule has 0 unspecified atom stereocenters. The van der Waals surface area contributed by atoms with Gasteiger partial charge in [-0.1, -0.05) is 170 Å². The van der Waals surface area contributed by atoms with Crippen molar-refractivity contribution in [1.82, 2.24) is 24.9 Å². The quantitative estimate of drug-likeness (QED) is 0.164. The maximum atomic E-state index is 5.05. The van der Waals surface area contributed by atoms with E-state index in [2.05, 4.69) is 91.0 Å². The van der Waals surface area contributed by atoms with Gasteiger partial charge in [-0.25, -0.2) is 24.9 Å². The Hall–Kier alpha value is -7.15. The molecule has 0 N–H and O–H groups in total. The molecule has 258 valence electrons. The van der Waals surface area contributed by atoms with Gasteiger partial charge in [-0.05, 0) is 29.3 Å². The van der Waals surface area contributed by atoms with Crippen molar-refractivity contribution < 1.29 is 0 Å². The molecule has 5 nitrogen and oxygen atoms in total. The van der Waals surface area contributed by atoms with E-state index in [1.54, 1.807) is 11.3 Å². The molecule has 0 amide bonds. The number of hydrogen-bond acceptors (Lipinski definition) is 6. The zero-order valence-electron chi connectivity index (χ0n) is 29.5. The van der Waals surface area contributed by atoms with Crippen molar-refractivity contribution in [3.8, 4) is 79.2 Å². The van der Waals surface area contributed by atoms with Crippen LogP contribution >= 0.6 is 11.3 Å². The first-order chi connectivity index (χ1) is 27.2. The first kappa shape index (κ1) is 32.5.